The van der Waals surface area contributed by atoms with Crippen LogP contribution in [0.2, 0.25) is 0 Å². The SMILES string of the molecule is O=C1CC2(CC3CC2C(=O)OC3=O)C(O)O1. The summed E-state index contributed by atoms with van der Waals surface area (Å²) in [6.45, 7) is 0. The summed E-state index contributed by atoms with van der Waals surface area (Å²) in [5.74, 6) is -2.72. The van der Waals surface area contributed by atoms with Crippen LogP contribution in [0.25, 0.3) is 0 Å². The zero-order valence-electron chi connectivity index (χ0n) is 8.34. The van der Waals surface area contributed by atoms with Gasteiger partial charge in [-0.3, -0.25) is 14.4 Å². The lowest BCUT2D eigenvalue weighted by Gasteiger charge is -2.28. The Bertz CT molecular complexity index is 402. The molecule has 2 heterocycles. The van der Waals surface area contributed by atoms with Crippen molar-refractivity contribution in [3.8, 4) is 0 Å². The van der Waals surface area contributed by atoms with Crippen molar-refractivity contribution in [3.05, 3.63) is 0 Å². The number of hydrogen-bond donors (Lipinski definition) is 1. The number of cyclic esters (lactones) is 3. The molecule has 4 atom stereocenters. The Morgan fingerprint density at radius 2 is 2.00 bits per heavy atom. The smallest absolute Gasteiger partial charge is 0.317 e. The first-order chi connectivity index (χ1) is 7.53. The van der Waals surface area contributed by atoms with Crippen LogP contribution in [0.5, 0.6) is 0 Å². The molecular weight excluding hydrogens is 216 g/mol. The molecule has 0 amide bonds. The number of hydrogen-bond acceptors (Lipinski definition) is 6. The van der Waals surface area contributed by atoms with Gasteiger partial charge in [-0.25, -0.2) is 0 Å². The van der Waals surface area contributed by atoms with E-state index in [1.54, 1.807) is 0 Å². The van der Waals surface area contributed by atoms with Gasteiger partial charge in [0.15, 0.2) is 0 Å². The molecule has 86 valence electrons. The van der Waals surface area contributed by atoms with E-state index in [4.69, 9.17) is 0 Å². The minimum absolute atomic E-state index is 0.0162. The largest absolute Gasteiger partial charge is 0.435 e. The maximum absolute atomic E-state index is 11.6. The van der Waals surface area contributed by atoms with Gasteiger partial charge in [0.2, 0.25) is 6.29 Å². The van der Waals surface area contributed by atoms with Crippen molar-refractivity contribution in [2.75, 3.05) is 0 Å². The van der Waals surface area contributed by atoms with Crippen LogP contribution in [0, 0.1) is 17.3 Å². The lowest BCUT2D eigenvalue weighted by atomic mass is 9.76. The van der Waals surface area contributed by atoms with E-state index in [2.05, 4.69) is 9.47 Å². The third-order valence-electron chi connectivity index (χ3n) is 3.87. The molecule has 0 aromatic rings. The van der Waals surface area contributed by atoms with Crippen LogP contribution in [0.4, 0.5) is 0 Å². The minimum Gasteiger partial charge on any atom is -0.435 e. The van der Waals surface area contributed by atoms with Crippen LogP contribution < -0.4 is 0 Å². The number of fused-ring (bicyclic) bond motifs is 3. The number of ether oxygens (including phenoxy) is 2. The second kappa shape index (κ2) is 2.82. The molecule has 0 aromatic carbocycles. The van der Waals surface area contributed by atoms with E-state index < -0.39 is 41.4 Å². The van der Waals surface area contributed by atoms with Gasteiger partial charge in [-0.05, 0) is 12.8 Å². The molecule has 3 rings (SSSR count). The van der Waals surface area contributed by atoms with Gasteiger partial charge in [-0.2, -0.15) is 0 Å². The molecule has 16 heavy (non-hydrogen) atoms. The Hall–Kier alpha value is -1.43. The van der Waals surface area contributed by atoms with Crippen molar-refractivity contribution in [1.82, 2.24) is 0 Å². The quantitative estimate of drug-likeness (QED) is 0.436. The highest BCUT2D eigenvalue weighted by atomic mass is 16.6. The topological polar surface area (TPSA) is 89.9 Å². The molecule has 3 aliphatic rings. The average Bonchev–Trinajstić information content (AvgIpc) is 2.66. The van der Waals surface area contributed by atoms with E-state index in [0.29, 0.717) is 6.42 Å². The van der Waals surface area contributed by atoms with Gasteiger partial charge in [0, 0.05) is 0 Å². The Morgan fingerprint density at radius 3 is 2.62 bits per heavy atom. The lowest BCUT2D eigenvalue weighted by Crippen LogP contribution is -2.39. The summed E-state index contributed by atoms with van der Waals surface area (Å²) in [5, 5.41) is 9.74. The van der Waals surface area contributed by atoms with Crippen LogP contribution in [-0.2, 0) is 23.9 Å². The van der Waals surface area contributed by atoms with Gasteiger partial charge in [-0.1, -0.05) is 0 Å². The lowest BCUT2D eigenvalue weighted by molar-refractivity contribution is -0.177. The third kappa shape index (κ3) is 1.02. The van der Waals surface area contributed by atoms with E-state index in [-0.39, 0.29) is 12.8 Å². The maximum atomic E-state index is 11.6. The summed E-state index contributed by atoms with van der Waals surface area (Å²) in [5.41, 5.74) is -0.939. The van der Waals surface area contributed by atoms with Crippen molar-refractivity contribution in [3.63, 3.8) is 0 Å². The molecule has 0 aromatic heterocycles. The number of carbonyl (C=O) groups excluding carboxylic acids is 3. The molecule has 1 aliphatic carbocycles. The van der Waals surface area contributed by atoms with E-state index in [1.807, 2.05) is 0 Å². The summed E-state index contributed by atoms with van der Waals surface area (Å²) in [4.78, 5) is 34.1. The van der Waals surface area contributed by atoms with Crippen molar-refractivity contribution in [2.45, 2.75) is 25.6 Å². The normalized spacial score (nSPS) is 46.1. The molecule has 2 bridgehead atoms. The van der Waals surface area contributed by atoms with Gasteiger partial charge in [0.05, 0.1) is 23.7 Å². The van der Waals surface area contributed by atoms with Crippen molar-refractivity contribution in [2.24, 2.45) is 17.3 Å². The standard InChI is InChI=1S/C10H10O6/c11-6-3-10(9(14)15-6)2-4-1-5(10)8(13)16-7(4)12/h4-5,9,14H,1-3H2. The Kier molecular flexibility index (Phi) is 1.72. The van der Waals surface area contributed by atoms with Gasteiger partial charge in [0.1, 0.15) is 0 Å². The summed E-state index contributed by atoms with van der Waals surface area (Å²) < 4.78 is 9.28. The number of esters is 3. The molecule has 6 nitrogen and oxygen atoms in total. The summed E-state index contributed by atoms with van der Waals surface area (Å²) >= 11 is 0. The first-order valence-electron chi connectivity index (χ1n) is 5.16. The van der Waals surface area contributed by atoms with Crippen LogP contribution in [0.1, 0.15) is 19.3 Å². The molecular formula is C10H10O6. The monoisotopic (exact) mass is 226 g/mol. The van der Waals surface area contributed by atoms with E-state index >= 15 is 0 Å². The predicted octanol–water partition coefficient (Wildman–Crippen LogP) is -0.652. The molecule has 3 fully saturated rings. The van der Waals surface area contributed by atoms with E-state index in [9.17, 15) is 19.5 Å². The van der Waals surface area contributed by atoms with Gasteiger partial charge < -0.3 is 14.6 Å². The summed E-state index contributed by atoms with van der Waals surface area (Å²) in [6.07, 6.45) is -0.674. The van der Waals surface area contributed by atoms with Crippen molar-refractivity contribution >= 4 is 17.9 Å². The molecule has 1 N–H and O–H groups in total. The fourth-order valence-corrected chi connectivity index (χ4v) is 3.08. The highest BCUT2D eigenvalue weighted by molar-refractivity contribution is 5.93. The van der Waals surface area contributed by atoms with Crippen molar-refractivity contribution < 1.29 is 29.0 Å². The van der Waals surface area contributed by atoms with Crippen LogP contribution in [0.3, 0.4) is 0 Å². The molecule has 2 saturated heterocycles. The third-order valence-corrected chi connectivity index (χ3v) is 3.87. The fourth-order valence-electron chi connectivity index (χ4n) is 3.08. The second-order valence-electron chi connectivity index (χ2n) is 4.68. The zero-order valence-corrected chi connectivity index (χ0v) is 8.34. The fraction of sp³-hybridized carbons (Fsp3) is 0.700. The molecule has 6 heteroatoms. The number of rotatable bonds is 0. The highest BCUT2D eigenvalue weighted by Crippen LogP contribution is 2.56. The number of carbonyl (C=O) groups is 3. The summed E-state index contributed by atoms with van der Waals surface area (Å²) in [6, 6.07) is 0. The van der Waals surface area contributed by atoms with E-state index in [0.717, 1.165) is 0 Å². The zero-order chi connectivity index (χ0) is 11.5. The van der Waals surface area contributed by atoms with Crippen LogP contribution >= 0.6 is 0 Å². The van der Waals surface area contributed by atoms with Gasteiger partial charge >= 0.3 is 17.9 Å². The first kappa shape index (κ1) is 9.77. The van der Waals surface area contributed by atoms with Crippen LogP contribution in [0.15, 0.2) is 0 Å². The van der Waals surface area contributed by atoms with Gasteiger partial charge in [0.25, 0.3) is 0 Å². The Balaban J connectivity index is 2.01. The number of aliphatic hydroxyl groups is 1. The Morgan fingerprint density at radius 1 is 1.25 bits per heavy atom. The molecule has 4 unspecified atom stereocenters. The highest BCUT2D eigenvalue weighted by Gasteiger charge is 2.65. The molecule has 2 aliphatic heterocycles. The maximum Gasteiger partial charge on any atom is 0.317 e. The second-order valence-corrected chi connectivity index (χ2v) is 4.68. The number of aliphatic hydroxyl groups excluding tert-OH is 1. The first-order valence-corrected chi connectivity index (χ1v) is 5.16. The Labute approximate surface area is 90.5 Å². The van der Waals surface area contributed by atoms with Crippen LogP contribution in [-0.4, -0.2) is 29.3 Å². The van der Waals surface area contributed by atoms with E-state index in [1.165, 1.54) is 0 Å². The van der Waals surface area contributed by atoms with Crippen molar-refractivity contribution in [1.29, 1.82) is 0 Å². The van der Waals surface area contributed by atoms with Gasteiger partial charge in [-0.15, -0.1) is 0 Å². The molecule has 0 radical (unpaired) electrons. The average molecular weight is 226 g/mol. The minimum atomic E-state index is -1.30. The summed E-state index contributed by atoms with van der Waals surface area (Å²) in [7, 11) is 0. The predicted molar refractivity (Wildman–Crippen MR) is 46.5 cm³/mol. The molecule has 1 saturated carbocycles. The molecule has 1 spiro atoms.